The molecule has 166 valence electrons. The third kappa shape index (κ3) is 3.64. The molecule has 4 fully saturated rings. The highest BCUT2D eigenvalue weighted by atomic mass is 16.3. The SMILES string of the molecule is C[C@@H](CO)CCC[C@@H](C)[C@H]1CC[C@H]2[C@@H]3CC(=O)[C@@H]4CCCC[C@]4(C)[C@H]3CC[C@]12C. The molecular weight excluding hydrogens is 356 g/mol. The Bertz CT molecular complexity index is 599. The van der Waals surface area contributed by atoms with E-state index in [0.29, 0.717) is 41.0 Å². The van der Waals surface area contributed by atoms with Gasteiger partial charge in [-0.25, -0.2) is 0 Å². The van der Waals surface area contributed by atoms with Crippen LogP contribution in [0.1, 0.15) is 105 Å². The summed E-state index contributed by atoms with van der Waals surface area (Å²) < 4.78 is 0. The number of aliphatic hydroxyl groups is 1. The summed E-state index contributed by atoms with van der Waals surface area (Å²) in [6, 6.07) is 0. The molecule has 0 aromatic heterocycles. The van der Waals surface area contributed by atoms with Crippen molar-refractivity contribution in [2.45, 2.75) is 105 Å². The summed E-state index contributed by atoms with van der Waals surface area (Å²) in [7, 11) is 0. The third-order valence-electron chi connectivity index (χ3n) is 10.8. The van der Waals surface area contributed by atoms with Crippen LogP contribution >= 0.6 is 0 Å². The molecular formula is C27H46O2. The topological polar surface area (TPSA) is 37.3 Å². The van der Waals surface area contributed by atoms with E-state index in [2.05, 4.69) is 27.7 Å². The summed E-state index contributed by atoms with van der Waals surface area (Å²) in [5.41, 5.74) is 0.769. The molecule has 4 saturated carbocycles. The number of hydrogen-bond donors (Lipinski definition) is 1. The fourth-order valence-corrected chi connectivity index (χ4v) is 9.15. The first-order valence-corrected chi connectivity index (χ1v) is 12.9. The highest BCUT2D eigenvalue weighted by Gasteiger charge is 2.61. The number of ketones is 1. The molecule has 0 saturated heterocycles. The van der Waals surface area contributed by atoms with Gasteiger partial charge in [0.15, 0.2) is 0 Å². The fraction of sp³-hybridized carbons (Fsp3) is 0.963. The Kier molecular flexibility index (Phi) is 6.24. The normalized spacial score (nSPS) is 46.5. The van der Waals surface area contributed by atoms with Gasteiger partial charge in [-0.1, -0.05) is 53.4 Å². The van der Waals surface area contributed by atoms with Gasteiger partial charge in [-0.2, -0.15) is 0 Å². The summed E-state index contributed by atoms with van der Waals surface area (Å²) in [5, 5.41) is 9.31. The molecule has 0 aliphatic heterocycles. The van der Waals surface area contributed by atoms with Crippen LogP contribution in [0.5, 0.6) is 0 Å². The van der Waals surface area contributed by atoms with Crippen LogP contribution in [-0.2, 0) is 4.79 Å². The van der Waals surface area contributed by atoms with E-state index in [4.69, 9.17) is 0 Å². The van der Waals surface area contributed by atoms with Crippen molar-refractivity contribution in [1.29, 1.82) is 0 Å². The first kappa shape index (κ1) is 21.8. The van der Waals surface area contributed by atoms with Crippen molar-refractivity contribution in [3.8, 4) is 0 Å². The van der Waals surface area contributed by atoms with Crippen molar-refractivity contribution in [3.05, 3.63) is 0 Å². The van der Waals surface area contributed by atoms with E-state index >= 15 is 0 Å². The number of hydrogen-bond acceptors (Lipinski definition) is 2. The molecule has 2 heteroatoms. The van der Waals surface area contributed by atoms with Gasteiger partial charge in [0.05, 0.1) is 0 Å². The maximum atomic E-state index is 13.2. The zero-order chi connectivity index (χ0) is 20.8. The Morgan fingerprint density at radius 1 is 0.966 bits per heavy atom. The minimum absolute atomic E-state index is 0.309. The lowest BCUT2D eigenvalue weighted by Gasteiger charge is -2.60. The van der Waals surface area contributed by atoms with E-state index in [9.17, 15) is 9.90 Å². The van der Waals surface area contributed by atoms with Gasteiger partial charge in [-0.05, 0) is 91.3 Å². The van der Waals surface area contributed by atoms with E-state index in [-0.39, 0.29) is 0 Å². The second-order valence-corrected chi connectivity index (χ2v) is 12.3. The average molecular weight is 403 g/mol. The van der Waals surface area contributed by atoms with Crippen LogP contribution in [0.25, 0.3) is 0 Å². The molecule has 0 amide bonds. The molecule has 0 bridgehead atoms. The Morgan fingerprint density at radius 2 is 1.72 bits per heavy atom. The van der Waals surface area contributed by atoms with Crippen molar-refractivity contribution in [2.75, 3.05) is 6.61 Å². The van der Waals surface area contributed by atoms with Crippen LogP contribution in [0.3, 0.4) is 0 Å². The highest BCUT2D eigenvalue weighted by molar-refractivity contribution is 5.83. The summed E-state index contributed by atoms with van der Waals surface area (Å²) in [5.74, 6) is 5.35. The van der Waals surface area contributed by atoms with Crippen LogP contribution in [0.4, 0.5) is 0 Å². The number of rotatable bonds is 6. The highest BCUT2D eigenvalue weighted by Crippen LogP contribution is 2.67. The molecule has 9 atom stereocenters. The molecule has 0 aromatic carbocycles. The smallest absolute Gasteiger partial charge is 0.136 e. The summed E-state index contributed by atoms with van der Waals surface area (Å²) in [6.07, 6.45) is 15.3. The summed E-state index contributed by atoms with van der Waals surface area (Å²) in [4.78, 5) is 13.2. The quantitative estimate of drug-likeness (QED) is 0.540. The first-order valence-electron chi connectivity index (χ1n) is 12.9. The van der Waals surface area contributed by atoms with Crippen molar-refractivity contribution in [2.24, 2.45) is 52.3 Å². The number of carbonyl (C=O) groups excluding carboxylic acids is 1. The van der Waals surface area contributed by atoms with Gasteiger partial charge >= 0.3 is 0 Å². The fourth-order valence-electron chi connectivity index (χ4n) is 9.15. The van der Waals surface area contributed by atoms with Crippen molar-refractivity contribution in [3.63, 3.8) is 0 Å². The zero-order valence-electron chi connectivity index (χ0n) is 19.6. The van der Waals surface area contributed by atoms with Gasteiger partial charge in [-0.3, -0.25) is 4.79 Å². The Hall–Kier alpha value is -0.370. The average Bonchev–Trinajstić information content (AvgIpc) is 3.05. The maximum Gasteiger partial charge on any atom is 0.136 e. The predicted octanol–water partition coefficient (Wildman–Crippen LogP) is 6.65. The van der Waals surface area contributed by atoms with Crippen LogP contribution in [0, 0.1) is 52.3 Å². The largest absolute Gasteiger partial charge is 0.396 e. The van der Waals surface area contributed by atoms with Crippen molar-refractivity contribution >= 4 is 5.78 Å². The Labute approximate surface area is 179 Å². The molecule has 1 N–H and O–H groups in total. The van der Waals surface area contributed by atoms with Gasteiger partial charge in [0.1, 0.15) is 5.78 Å². The van der Waals surface area contributed by atoms with Crippen LogP contribution < -0.4 is 0 Å². The van der Waals surface area contributed by atoms with Gasteiger partial charge in [0.25, 0.3) is 0 Å². The van der Waals surface area contributed by atoms with E-state index in [1.54, 1.807) is 0 Å². The Morgan fingerprint density at radius 3 is 2.48 bits per heavy atom. The molecule has 0 aromatic rings. The van der Waals surface area contributed by atoms with E-state index in [1.807, 2.05) is 0 Å². The van der Waals surface area contributed by atoms with Gasteiger partial charge in [-0.15, -0.1) is 0 Å². The lowest BCUT2D eigenvalue weighted by atomic mass is 9.44. The second-order valence-electron chi connectivity index (χ2n) is 12.3. The van der Waals surface area contributed by atoms with Crippen LogP contribution in [-0.4, -0.2) is 17.5 Å². The number of aliphatic hydroxyl groups excluding tert-OH is 1. The number of carbonyl (C=O) groups is 1. The van der Waals surface area contributed by atoms with Crippen LogP contribution in [0.15, 0.2) is 0 Å². The summed E-state index contributed by atoms with van der Waals surface area (Å²) in [6.45, 7) is 10.1. The van der Waals surface area contributed by atoms with Gasteiger partial charge < -0.3 is 5.11 Å². The monoisotopic (exact) mass is 402 g/mol. The molecule has 4 aliphatic rings. The standard InChI is InChI=1S/C27H46O2/c1-18(17-28)8-7-9-19(2)21-11-12-22-20-16-25(29)24-10-5-6-14-26(24,3)23(20)13-15-27(21,22)4/h18-24,28H,5-17H2,1-4H3/t18-,19-,20+,21-,22+,23+,24+,26-,27-/m1/s1. The molecule has 4 rings (SSSR count). The van der Waals surface area contributed by atoms with Crippen molar-refractivity contribution < 1.29 is 9.90 Å². The second kappa shape index (κ2) is 8.29. The molecule has 0 heterocycles. The third-order valence-corrected chi connectivity index (χ3v) is 10.8. The lowest BCUT2D eigenvalue weighted by molar-refractivity contribution is -0.154. The first-order chi connectivity index (χ1) is 13.8. The molecule has 0 spiro atoms. The number of fused-ring (bicyclic) bond motifs is 5. The minimum atomic E-state index is 0.309. The Balaban J connectivity index is 1.47. The summed E-state index contributed by atoms with van der Waals surface area (Å²) >= 11 is 0. The van der Waals surface area contributed by atoms with Gasteiger partial charge in [0, 0.05) is 18.9 Å². The molecule has 2 nitrogen and oxygen atoms in total. The van der Waals surface area contributed by atoms with Crippen molar-refractivity contribution in [1.82, 2.24) is 0 Å². The molecule has 4 aliphatic carbocycles. The predicted molar refractivity (Wildman–Crippen MR) is 119 cm³/mol. The minimum Gasteiger partial charge on any atom is -0.396 e. The van der Waals surface area contributed by atoms with E-state index in [0.717, 1.165) is 36.5 Å². The lowest BCUT2D eigenvalue weighted by Crippen LogP contribution is -2.56. The maximum absolute atomic E-state index is 13.2. The molecule has 0 radical (unpaired) electrons. The zero-order valence-corrected chi connectivity index (χ0v) is 19.6. The van der Waals surface area contributed by atoms with Gasteiger partial charge in [0.2, 0.25) is 0 Å². The molecule has 29 heavy (non-hydrogen) atoms. The van der Waals surface area contributed by atoms with E-state index < -0.39 is 0 Å². The number of Topliss-reactive ketones (excluding diaryl/α,β-unsaturated/α-hetero) is 1. The van der Waals surface area contributed by atoms with Crippen LogP contribution in [0.2, 0.25) is 0 Å². The van der Waals surface area contributed by atoms with E-state index in [1.165, 1.54) is 64.2 Å². The molecule has 0 unspecified atom stereocenters.